The normalized spacial score (nSPS) is 8.20. The summed E-state index contributed by atoms with van der Waals surface area (Å²) in [5.41, 5.74) is 8.94. The van der Waals surface area contributed by atoms with Crippen LogP contribution in [0.4, 0.5) is 0 Å². The fraction of sp³-hybridized carbons (Fsp3) is 0. The van der Waals surface area contributed by atoms with E-state index in [9.17, 15) is 0 Å². The molecule has 7 N–H and O–H groups in total. The first-order valence-electron chi connectivity index (χ1n) is 1.53. The maximum absolute atomic E-state index is 8.74. The molecule has 0 rings (SSSR count). The Morgan fingerprint density at radius 2 is 1.30 bits per heavy atom. The molecule has 0 spiro atoms. The van der Waals surface area contributed by atoms with Crippen LogP contribution in [0.15, 0.2) is 0 Å². The minimum absolute atomic E-state index is 0. The van der Waals surface area contributed by atoms with Gasteiger partial charge in [0.2, 0.25) is 0 Å². The molecule has 0 aromatic heterocycles. The van der Waals surface area contributed by atoms with E-state index in [0.717, 1.165) is 0 Å². The SMILES string of the molecule is N=C(N)N.O=S(=O)(O)O.[V]. The number of rotatable bonds is 0. The first kappa shape index (κ1) is 16.4. The zero-order chi connectivity index (χ0) is 8.08. The van der Waals surface area contributed by atoms with Gasteiger partial charge in [0.1, 0.15) is 0 Å². The van der Waals surface area contributed by atoms with Gasteiger partial charge in [0.05, 0.1) is 0 Å². The zero-order valence-electron chi connectivity index (χ0n) is 4.72. The van der Waals surface area contributed by atoms with Crippen LogP contribution < -0.4 is 11.5 Å². The van der Waals surface area contributed by atoms with Gasteiger partial charge in [-0.3, -0.25) is 14.5 Å². The average molecular weight is 208 g/mol. The predicted molar refractivity (Wildman–Crippen MR) is 30.3 cm³/mol. The fourth-order valence-electron chi connectivity index (χ4n) is 0. The molecule has 0 bridgehead atoms. The van der Waals surface area contributed by atoms with Gasteiger partial charge in [-0.05, 0) is 0 Å². The van der Waals surface area contributed by atoms with Crippen LogP contribution in [0.5, 0.6) is 0 Å². The first-order chi connectivity index (χ1) is 3.73. The second-order valence-electron chi connectivity index (χ2n) is 0.903. The molecule has 61 valence electrons. The number of hydrogen-bond acceptors (Lipinski definition) is 3. The number of guanidine groups is 1. The van der Waals surface area contributed by atoms with E-state index >= 15 is 0 Å². The summed E-state index contributed by atoms with van der Waals surface area (Å²) < 4.78 is 31.6. The molecule has 0 amide bonds. The van der Waals surface area contributed by atoms with Crippen LogP contribution in [0.3, 0.4) is 0 Å². The number of nitrogens with two attached hydrogens (primary N) is 2. The standard InChI is InChI=1S/CH5N3.H2O4S.V/c2-1(3)4;1-5(2,3)4;/h(H5,2,3,4);(H2,1,2,3,4);. The summed E-state index contributed by atoms with van der Waals surface area (Å²) in [4.78, 5) is 0. The van der Waals surface area contributed by atoms with Gasteiger partial charge in [0.15, 0.2) is 5.96 Å². The van der Waals surface area contributed by atoms with Crippen LogP contribution in [0.2, 0.25) is 0 Å². The molecule has 0 saturated carbocycles. The van der Waals surface area contributed by atoms with E-state index in [1.807, 2.05) is 0 Å². The van der Waals surface area contributed by atoms with Crippen molar-refractivity contribution in [2.45, 2.75) is 0 Å². The van der Waals surface area contributed by atoms with Gasteiger partial charge in [-0.25, -0.2) is 0 Å². The molecule has 10 heavy (non-hydrogen) atoms. The van der Waals surface area contributed by atoms with Crippen molar-refractivity contribution in [1.29, 1.82) is 5.41 Å². The molecular weight excluding hydrogens is 201 g/mol. The molecule has 0 aliphatic rings. The van der Waals surface area contributed by atoms with E-state index in [2.05, 4.69) is 11.5 Å². The van der Waals surface area contributed by atoms with E-state index in [-0.39, 0.29) is 24.5 Å². The molecule has 0 unspecified atom stereocenters. The topological polar surface area (TPSA) is 150 Å². The van der Waals surface area contributed by atoms with Crippen LogP contribution in [0.25, 0.3) is 0 Å². The van der Waals surface area contributed by atoms with Crippen molar-refractivity contribution in [3.05, 3.63) is 0 Å². The zero-order valence-corrected chi connectivity index (χ0v) is 6.93. The minimum Gasteiger partial charge on any atom is -0.370 e. The molecule has 0 heterocycles. The van der Waals surface area contributed by atoms with Gasteiger partial charge in [-0.15, -0.1) is 0 Å². The summed E-state index contributed by atoms with van der Waals surface area (Å²) >= 11 is 0. The monoisotopic (exact) mass is 208 g/mol. The fourth-order valence-corrected chi connectivity index (χ4v) is 0. The van der Waals surface area contributed by atoms with Gasteiger partial charge >= 0.3 is 10.4 Å². The maximum atomic E-state index is 8.74. The second kappa shape index (κ2) is 6.84. The van der Waals surface area contributed by atoms with Gasteiger partial charge < -0.3 is 11.5 Å². The summed E-state index contributed by atoms with van der Waals surface area (Å²) in [7, 11) is -4.67. The van der Waals surface area contributed by atoms with Crippen molar-refractivity contribution >= 4 is 16.4 Å². The van der Waals surface area contributed by atoms with Crippen LogP contribution in [-0.4, -0.2) is 23.5 Å². The molecule has 0 aliphatic heterocycles. The molecule has 0 saturated heterocycles. The Kier molecular flexibility index (Phi) is 11.2. The van der Waals surface area contributed by atoms with E-state index in [4.69, 9.17) is 22.9 Å². The van der Waals surface area contributed by atoms with Crippen molar-refractivity contribution < 1.29 is 36.1 Å². The Hall–Kier alpha value is -0.276. The largest absolute Gasteiger partial charge is 0.394 e. The smallest absolute Gasteiger partial charge is 0.370 e. The summed E-state index contributed by atoms with van der Waals surface area (Å²) in [6, 6.07) is 0. The summed E-state index contributed by atoms with van der Waals surface area (Å²) in [6.45, 7) is 0. The molecule has 1 radical (unpaired) electrons. The second-order valence-corrected chi connectivity index (χ2v) is 1.80. The number of hydrogen-bond donors (Lipinski definition) is 5. The van der Waals surface area contributed by atoms with Crippen LogP contribution in [0.1, 0.15) is 0 Å². The maximum Gasteiger partial charge on any atom is 0.394 e. The molecule has 0 aromatic rings. The third-order valence-corrected chi connectivity index (χ3v) is 0. The van der Waals surface area contributed by atoms with E-state index in [0.29, 0.717) is 0 Å². The van der Waals surface area contributed by atoms with Crippen molar-refractivity contribution in [3.8, 4) is 0 Å². The quantitative estimate of drug-likeness (QED) is 0.180. The van der Waals surface area contributed by atoms with Gasteiger partial charge in [0.25, 0.3) is 0 Å². The third kappa shape index (κ3) is 4600. The van der Waals surface area contributed by atoms with Crippen LogP contribution in [-0.2, 0) is 29.0 Å². The van der Waals surface area contributed by atoms with Crippen molar-refractivity contribution in [3.63, 3.8) is 0 Å². The molecule has 0 aliphatic carbocycles. The third-order valence-electron chi connectivity index (χ3n) is 0. The average Bonchev–Trinajstić information content (AvgIpc) is 1.19. The van der Waals surface area contributed by atoms with Crippen molar-refractivity contribution in [1.82, 2.24) is 0 Å². The Bertz CT molecular complexity index is 163. The van der Waals surface area contributed by atoms with Gasteiger partial charge in [0, 0.05) is 18.6 Å². The Labute approximate surface area is 69.8 Å². The Balaban J connectivity index is -0.0000000910. The summed E-state index contributed by atoms with van der Waals surface area (Å²) in [6.07, 6.45) is 0. The van der Waals surface area contributed by atoms with Crippen LogP contribution in [0, 0.1) is 5.41 Å². The first-order valence-corrected chi connectivity index (χ1v) is 2.92. The summed E-state index contributed by atoms with van der Waals surface area (Å²) in [5, 5.41) is 6.06. The van der Waals surface area contributed by atoms with E-state index in [1.165, 1.54) is 0 Å². The molecule has 0 fully saturated rings. The minimum atomic E-state index is -4.67. The predicted octanol–water partition coefficient (Wildman–Crippen LogP) is -1.82. The van der Waals surface area contributed by atoms with Crippen molar-refractivity contribution in [2.75, 3.05) is 0 Å². The van der Waals surface area contributed by atoms with Gasteiger partial charge in [-0.1, -0.05) is 0 Å². The Morgan fingerprint density at radius 3 is 1.30 bits per heavy atom. The molecular formula is CH7N3O4SV. The molecule has 7 nitrogen and oxygen atoms in total. The van der Waals surface area contributed by atoms with Crippen LogP contribution >= 0.6 is 0 Å². The van der Waals surface area contributed by atoms with E-state index < -0.39 is 10.4 Å². The van der Waals surface area contributed by atoms with Crippen molar-refractivity contribution in [2.24, 2.45) is 11.5 Å². The molecule has 0 aromatic carbocycles. The van der Waals surface area contributed by atoms with Gasteiger partial charge in [-0.2, -0.15) is 8.42 Å². The molecule has 0 atom stereocenters. The van der Waals surface area contributed by atoms with E-state index in [1.54, 1.807) is 0 Å². The number of nitrogens with one attached hydrogen (secondary N) is 1. The molecule has 9 heteroatoms. The Morgan fingerprint density at radius 1 is 1.30 bits per heavy atom. The summed E-state index contributed by atoms with van der Waals surface area (Å²) in [5.74, 6) is -0.333.